The number of anilines is 1. The van der Waals surface area contributed by atoms with E-state index in [9.17, 15) is 13.2 Å². The highest BCUT2D eigenvalue weighted by Gasteiger charge is 2.16. The predicted molar refractivity (Wildman–Crippen MR) is 91.6 cm³/mol. The number of hydrogen-bond donors (Lipinski definition) is 1. The van der Waals surface area contributed by atoms with Crippen LogP contribution in [0.5, 0.6) is 0 Å². The molecule has 1 heterocycles. The summed E-state index contributed by atoms with van der Waals surface area (Å²) >= 11 is 1.21. The van der Waals surface area contributed by atoms with E-state index in [2.05, 4.69) is 15.5 Å². The first-order chi connectivity index (χ1) is 11.5. The number of benzene rings is 2. The van der Waals surface area contributed by atoms with Crippen LogP contribution in [0.1, 0.15) is 15.9 Å². The van der Waals surface area contributed by atoms with Crippen LogP contribution < -0.4 is 5.32 Å². The second-order valence-corrected chi connectivity index (χ2v) is 7.79. The predicted octanol–water partition coefficient (Wildman–Crippen LogP) is 2.76. The summed E-state index contributed by atoms with van der Waals surface area (Å²) in [5, 5.41) is 10.4. The summed E-state index contributed by atoms with van der Waals surface area (Å²) in [5.74, 6) is -0.526. The molecule has 1 N–H and O–H groups in total. The molecule has 0 radical (unpaired) electrons. The first-order valence-electron chi connectivity index (χ1n) is 6.99. The molecule has 0 saturated heterocycles. The summed E-state index contributed by atoms with van der Waals surface area (Å²) < 4.78 is 24.8. The summed E-state index contributed by atoms with van der Waals surface area (Å²) in [6.45, 7) is 0. The quantitative estimate of drug-likeness (QED) is 0.757. The van der Waals surface area contributed by atoms with E-state index in [1.807, 2.05) is 0 Å². The van der Waals surface area contributed by atoms with Crippen molar-refractivity contribution in [3.8, 4) is 0 Å². The van der Waals surface area contributed by atoms with Gasteiger partial charge in [0.2, 0.25) is 5.13 Å². The van der Waals surface area contributed by atoms with Gasteiger partial charge in [-0.25, -0.2) is 8.42 Å². The zero-order chi connectivity index (χ0) is 17.0. The molecule has 0 bridgehead atoms. The first-order valence-corrected chi connectivity index (χ1v) is 9.52. The van der Waals surface area contributed by atoms with E-state index in [1.54, 1.807) is 54.6 Å². The number of aromatic nitrogens is 2. The van der Waals surface area contributed by atoms with E-state index < -0.39 is 9.84 Å². The number of rotatable bonds is 5. The van der Waals surface area contributed by atoms with Crippen LogP contribution in [0.4, 0.5) is 5.13 Å². The van der Waals surface area contributed by atoms with Crippen molar-refractivity contribution in [3.05, 3.63) is 71.2 Å². The van der Waals surface area contributed by atoms with Crippen LogP contribution in [0.2, 0.25) is 0 Å². The Kier molecular flexibility index (Phi) is 4.68. The summed E-state index contributed by atoms with van der Waals surface area (Å²) in [5.41, 5.74) is 2.42. The van der Waals surface area contributed by atoms with Crippen molar-refractivity contribution in [2.45, 2.75) is 10.6 Å². The summed E-state index contributed by atoms with van der Waals surface area (Å²) in [7, 11) is -3.46. The number of carbonyl (C=O) groups excluding carboxylic acids is 1. The second kappa shape index (κ2) is 6.90. The standard InChI is InChI=1S/C16H13N3O3S2/c20-15(18-16-19-17-11-23-16)13-6-4-5-12(9-13)10-24(21,22)14-7-2-1-3-8-14/h1-9,11H,10H2,(H,18,19,20). The first kappa shape index (κ1) is 16.3. The molecule has 122 valence electrons. The van der Waals surface area contributed by atoms with Gasteiger partial charge in [0.1, 0.15) is 5.51 Å². The highest BCUT2D eigenvalue weighted by molar-refractivity contribution is 7.90. The van der Waals surface area contributed by atoms with Gasteiger partial charge >= 0.3 is 0 Å². The monoisotopic (exact) mass is 359 g/mol. The fourth-order valence-corrected chi connectivity index (χ4v) is 3.93. The zero-order valence-corrected chi connectivity index (χ0v) is 14.0. The highest BCUT2D eigenvalue weighted by atomic mass is 32.2. The van der Waals surface area contributed by atoms with Crippen LogP contribution in [0.3, 0.4) is 0 Å². The lowest BCUT2D eigenvalue weighted by Crippen LogP contribution is -2.12. The lowest BCUT2D eigenvalue weighted by Gasteiger charge is -2.07. The van der Waals surface area contributed by atoms with E-state index in [1.165, 1.54) is 16.8 Å². The number of amides is 1. The highest BCUT2D eigenvalue weighted by Crippen LogP contribution is 2.18. The van der Waals surface area contributed by atoms with Crippen molar-refractivity contribution in [1.82, 2.24) is 10.2 Å². The molecule has 6 nitrogen and oxygen atoms in total. The maximum atomic E-state index is 12.4. The van der Waals surface area contributed by atoms with E-state index in [-0.39, 0.29) is 16.6 Å². The molecule has 0 atom stereocenters. The van der Waals surface area contributed by atoms with Gasteiger partial charge in [-0.3, -0.25) is 10.1 Å². The fourth-order valence-electron chi connectivity index (χ4n) is 2.13. The Morgan fingerprint density at radius 3 is 2.58 bits per heavy atom. The Morgan fingerprint density at radius 2 is 1.88 bits per heavy atom. The molecule has 1 amide bonds. The molecular weight excluding hydrogens is 346 g/mol. The molecule has 8 heteroatoms. The van der Waals surface area contributed by atoms with Crippen LogP contribution in [-0.4, -0.2) is 24.5 Å². The van der Waals surface area contributed by atoms with Crippen LogP contribution in [-0.2, 0) is 15.6 Å². The van der Waals surface area contributed by atoms with Gasteiger partial charge in [-0.05, 0) is 29.8 Å². The number of nitrogens with zero attached hydrogens (tertiary/aromatic N) is 2. The van der Waals surface area contributed by atoms with Gasteiger partial charge in [-0.2, -0.15) is 0 Å². The van der Waals surface area contributed by atoms with Crippen molar-refractivity contribution < 1.29 is 13.2 Å². The topological polar surface area (TPSA) is 89.0 Å². The normalized spacial score (nSPS) is 11.2. The Balaban J connectivity index is 1.79. The molecule has 3 rings (SSSR count). The van der Waals surface area contributed by atoms with Crippen LogP contribution in [0.25, 0.3) is 0 Å². The van der Waals surface area contributed by atoms with Crippen molar-refractivity contribution >= 4 is 32.2 Å². The Labute approximate surface area is 143 Å². The maximum Gasteiger partial charge on any atom is 0.257 e. The van der Waals surface area contributed by atoms with Crippen molar-refractivity contribution in [2.75, 3.05) is 5.32 Å². The van der Waals surface area contributed by atoms with E-state index in [0.29, 0.717) is 16.3 Å². The van der Waals surface area contributed by atoms with Crippen LogP contribution in [0.15, 0.2) is 65.0 Å². The maximum absolute atomic E-state index is 12.4. The van der Waals surface area contributed by atoms with E-state index >= 15 is 0 Å². The third-order valence-corrected chi connectivity index (χ3v) is 5.54. The van der Waals surface area contributed by atoms with E-state index in [4.69, 9.17) is 0 Å². The zero-order valence-electron chi connectivity index (χ0n) is 12.4. The molecule has 3 aromatic rings. The van der Waals surface area contributed by atoms with E-state index in [0.717, 1.165) is 0 Å². The Bertz CT molecular complexity index is 940. The smallest absolute Gasteiger partial charge is 0.257 e. The number of carbonyl (C=O) groups is 1. The van der Waals surface area contributed by atoms with Crippen molar-refractivity contribution in [3.63, 3.8) is 0 Å². The van der Waals surface area contributed by atoms with Gasteiger partial charge in [0.15, 0.2) is 9.84 Å². The molecule has 0 aliphatic rings. The number of sulfone groups is 1. The van der Waals surface area contributed by atoms with Gasteiger partial charge < -0.3 is 0 Å². The molecule has 0 saturated carbocycles. The summed E-state index contributed by atoms with van der Waals surface area (Å²) in [6, 6.07) is 14.8. The lowest BCUT2D eigenvalue weighted by atomic mass is 10.1. The molecule has 0 unspecified atom stereocenters. The minimum absolute atomic E-state index is 0.170. The van der Waals surface area contributed by atoms with Gasteiger partial charge in [-0.15, -0.1) is 10.2 Å². The molecule has 1 aromatic heterocycles. The molecule has 2 aromatic carbocycles. The SMILES string of the molecule is O=C(Nc1nncs1)c1cccc(CS(=O)(=O)c2ccccc2)c1. The molecule has 0 aliphatic heterocycles. The largest absolute Gasteiger partial charge is 0.296 e. The minimum Gasteiger partial charge on any atom is -0.296 e. The van der Waals surface area contributed by atoms with Crippen molar-refractivity contribution in [2.24, 2.45) is 0 Å². The third-order valence-electron chi connectivity index (χ3n) is 3.23. The number of nitrogens with one attached hydrogen (secondary N) is 1. The van der Waals surface area contributed by atoms with Crippen molar-refractivity contribution in [1.29, 1.82) is 0 Å². The fraction of sp³-hybridized carbons (Fsp3) is 0.0625. The van der Waals surface area contributed by atoms with Gasteiger partial charge in [0, 0.05) is 5.56 Å². The molecule has 0 spiro atoms. The van der Waals surface area contributed by atoms with Gasteiger partial charge in [-0.1, -0.05) is 41.7 Å². The number of hydrogen-bond acceptors (Lipinski definition) is 6. The molecular formula is C16H13N3O3S2. The van der Waals surface area contributed by atoms with Gasteiger partial charge in [0.25, 0.3) is 5.91 Å². The lowest BCUT2D eigenvalue weighted by molar-refractivity contribution is 0.102. The molecule has 0 fully saturated rings. The average Bonchev–Trinajstić information content (AvgIpc) is 3.08. The van der Waals surface area contributed by atoms with Crippen LogP contribution in [0, 0.1) is 0 Å². The molecule has 24 heavy (non-hydrogen) atoms. The Hall–Kier alpha value is -2.58. The van der Waals surface area contributed by atoms with Gasteiger partial charge in [0.05, 0.1) is 10.6 Å². The minimum atomic E-state index is -3.46. The molecule has 0 aliphatic carbocycles. The average molecular weight is 359 g/mol. The summed E-state index contributed by atoms with van der Waals surface area (Å²) in [4.78, 5) is 12.4. The summed E-state index contributed by atoms with van der Waals surface area (Å²) in [6.07, 6.45) is 0. The van der Waals surface area contributed by atoms with Crippen LogP contribution >= 0.6 is 11.3 Å². The third kappa shape index (κ3) is 3.84. The second-order valence-electron chi connectivity index (χ2n) is 4.97. The Morgan fingerprint density at radius 1 is 1.08 bits per heavy atom.